The number of rotatable bonds is 3. The first-order valence-electron chi connectivity index (χ1n) is 4.66. The van der Waals surface area contributed by atoms with Crippen LogP contribution in [0.4, 0.5) is 13.2 Å². The highest BCUT2D eigenvalue weighted by molar-refractivity contribution is 9.10. The minimum atomic E-state index is -4.54. The lowest BCUT2D eigenvalue weighted by molar-refractivity contribution is -0.199. The number of benzene rings is 1. The zero-order valence-electron chi connectivity index (χ0n) is 8.76. The lowest BCUT2D eigenvalue weighted by Crippen LogP contribution is -2.47. The van der Waals surface area contributed by atoms with Gasteiger partial charge in [-0.25, -0.2) is 0 Å². The van der Waals surface area contributed by atoms with E-state index >= 15 is 0 Å². The molecule has 0 spiro atoms. The van der Waals surface area contributed by atoms with Gasteiger partial charge in [0.15, 0.2) is 0 Å². The first-order chi connectivity index (χ1) is 7.71. The highest BCUT2D eigenvalue weighted by atomic mass is 79.9. The van der Waals surface area contributed by atoms with Gasteiger partial charge in [0.05, 0.1) is 5.02 Å². The van der Waals surface area contributed by atoms with Crippen molar-refractivity contribution in [3.8, 4) is 5.75 Å². The summed E-state index contributed by atoms with van der Waals surface area (Å²) >= 11 is 8.86. The Kier molecular flexibility index (Phi) is 4.69. The fourth-order valence-corrected chi connectivity index (χ4v) is 1.68. The van der Waals surface area contributed by atoms with Crippen molar-refractivity contribution in [2.24, 2.45) is 5.73 Å². The molecule has 1 aromatic rings. The van der Waals surface area contributed by atoms with Crippen LogP contribution in [0.1, 0.15) is 6.92 Å². The van der Waals surface area contributed by atoms with Crippen molar-refractivity contribution in [2.75, 3.05) is 0 Å². The molecule has 1 rings (SSSR count). The van der Waals surface area contributed by atoms with Gasteiger partial charge < -0.3 is 10.5 Å². The standard InChI is InChI=1S/C10H10BrClF3NO/c1-5(16)9(10(13,14)15)17-8-4-6(11)2-3-7(8)12/h2-5,9H,16H2,1H3. The number of ether oxygens (including phenoxy) is 1. The molecular weight excluding hydrogens is 322 g/mol. The molecule has 96 valence electrons. The lowest BCUT2D eigenvalue weighted by Gasteiger charge is -2.25. The Bertz CT molecular complexity index is 398. The van der Waals surface area contributed by atoms with Gasteiger partial charge in [0.1, 0.15) is 5.75 Å². The van der Waals surface area contributed by atoms with Gasteiger partial charge in [0.2, 0.25) is 6.10 Å². The van der Waals surface area contributed by atoms with E-state index in [9.17, 15) is 13.2 Å². The van der Waals surface area contributed by atoms with Crippen LogP contribution in [0.3, 0.4) is 0 Å². The molecule has 0 aliphatic heterocycles. The molecule has 2 atom stereocenters. The van der Waals surface area contributed by atoms with Gasteiger partial charge in [-0.05, 0) is 25.1 Å². The van der Waals surface area contributed by atoms with Gasteiger partial charge in [0.25, 0.3) is 0 Å². The van der Waals surface area contributed by atoms with E-state index in [0.717, 1.165) is 0 Å². The number of nitrogens with two attached hydrogens (primary N) is 1. The molecule has 2 nitrogen and oxygen atoms in total. The summed E-state index contributed by atoms with van der Waals surface area (Å²) in [5, 5.41) is 0.100. The molecule has 7 heteroatoms. The molecule has 0 heterocycles. The fraction of sp³-hybridized carbons (Fsp3) is 0.400. The van der Waals surface area contributed by atoms with Crippen LogP contribution in [0.2, 0.25) is 5.02 Å². The zero-order chi connectivity index (χ0) is 13.2. The first-order valence-corrected chi connectivity index (χ1v) is 5.83. The topological polar surface area (TPSA) is 35.2 Å². The van der Waals surface area contributed by atoms with E-state index in [4.69, 9.17) is 22.1 Å². The van der Waals surface area contributed by atoms with E-state index in [0.29, 0.717) is 4.47 Å². The number of alkyl halides is 3. The average molecular weight is 333 g/mol. The Morgan fingerprint density at radius 2 is 2.00 bits per heavy atom. The molecule has 0 aliphatic rings. The summed E-state index contributed by atoms with van der Waals surface area (Å²) in [4.78, 5) is 0. The quantitative estimate of drug-likeness (QED) is 0.915. The van der Waals surface area contributed by atoms with Gasteiger partial charge in [-0.2, -0.15) is 13.2 Å². The van der Waals surface area contributed by atoms with Gasteiger partial charge in [-0.1, -0.05) is 27.5 Å². The highest BCUT2D eigenvalue weighted by Crippen LogP contribution is 2.33. The summed E-state index contributed by atoms with van der Waals surface area (Å²) in [6.07, 6.45) is -6.63. The summed E-state index contributed by atoms with van der Waals surface area (Å²) in [5.41, 5.74) is 5.26. The molecule has 0 saturated carbocycles. The summed E-state index contributed by atoms with van der Waals surface area (Å²) in [5.74, 6) is -0.0549. The van der Waals surface area contributed by atoms with Crippen LogP contribution < -0.4 is 10.5 Å². The second-order valence-corrected chi connectivity index (χ2v) is 4.84. The Hall–Kier alpha value is -0.460. The van der Waals surface area contributed by atoms with Crippen LogP contribution in [0.5, 0.6) is 5.75 Å². The third-order valence-corrected chi connectivity index (χ3v) is 2.75. The first kappa shape index (κ1) is 14.6. The van der Waals surface area contributed by atoms with Crippen LogP contribution >= 0.6 is 27.5 Å². The van der Waals surface area contributed by atoms with E-state index in [1.54, 1.807) is 6.07 Å². The molecule has 2 unspecified atom stereocenters. The minimum Gasteiger partial charge on any atom is -0.478 e. The van der Waals surface area contributed by atoms with Crippen molar-refractivity contribution < 1.29 is 17.9 Å². The third-order valence-electron chi connectivity index (χ3n) is 1.95. The van der Waals surface area contributed by atoms with Crippen LogP contribution in [-0.2, 0) is 0 Å². The Morgan fingerprint density at radius 1 is 1.41 bits per heavy atom. The number of hydrogen-bond acceptors (Lipinski definition) is 2. The summed E-state index contributed by atoms with van der Waals surface area (Å²) in [6, 6.07) is 3.22. The van der Waals surface area contributed by atoms with Crippen LogP contribution in [0.25, 0.3) is 0 Å². The second-order valence-electron chi connectivity index (χ2n) is 3.51. The van der Waals surface area contributed by atoms with Crippen LogP contribution in [0.15, 0.2) is 22.7 Å². The molecule has 0 radical (unpaired) electrons. The van der Waals surface area contributed by atoms with Crippen molar-refractivity contribution >= 4 is 27.5 Å². The molecule has 0 bridgehead atoms. The van der Waals surface area contributed by atoms with Gasteiger partial charge in [0, 0.05) is 10.5 Å². The predicted octanol–water partition coefficient (Wildman–Crippen LogP) is 3.76. The minimum absolute atomic E-state index is 0.0549. The van der Waals surface area contributed by atoms with Crippen molar-refractivity contribution in [3.05, 3.63) is 27.7 Å². The average Bonchev–Trinajstić information content (AvgIpc) is 2.17. The Balaban J connectivity index is 2.98. The monoisotopic (exact) mass is 331 g/mol. The Morgan fingerprint density at radius 3 is 2.47 bits per heavy atom. The molecule has 1 aromatic carbocycles. The van der Waals surface area contributed by atoms with E-state index in [1.165, 1.54) is 19.1 Å². The second kappa shape index (κ2) is 5.46. The molecule has 0 aliphatic carbocycles. The molecule has 0 aromatic heterocycles. The van der Waals surface area contributed by atoms with Crippen molar-refractivity contribution in [1.29, 1.82) is 0 Å². The smallest absolute Gasteiger partial charge is 0.426 e. The molecule has 0 fully saturated rings. The summed E-state index contributed by atoms with van der Waals surface area (Å²) in [6.45, 7) is 1.23. The molecule has 17 heavy (non-hydrogen) atoms. The van der Waals surface area contributed by atoms with E-state index < -0.39 is 18.3 Å². The lowest BCUT2D eigenvalue weighted by atomic mass is 10.2. The molecule has 2 N–H and O–H groups in total. The van der Waals surface area contributed by atoms with E-state index in [1.807, 2.05) is 0 Å². The summed E-state index contributed by atoms with van der Waals surface area (Å²) in [7, 11) is 0. The zero-order valence-corrected chi connectivity index (χ0v) is 11.1. The van der Waals surface area contributed by atoms with E-state index in [2.05, 4.69) is 15.9 Å². The number of hydrogen-bond donors (Lipinski definition) is 1. The summed E-state index contributed by atoms with van der Waals surface area (Å²) < 4.78 is 43.3. The van der Waals surface area contributed by atoms with Crippen LogP contribution in [0, 0.1) is 0 Å². The maximum absolute atomic E-state index is 12.6. The third kappa shape index (κ3) is 4.04. The van der Waals surface area contributed by atoms with E-state index in [-0.39, 0.29) is 10.8 Å². The van der Waals surface area contributed by atoms with Crippen molar-refractivity contribution in [3.63, 3.8) is 0 Å². The Labute approximate surface area is 110 Å². The van der Waals surface area contributed by atoms with Gasteiger partial charge >= 0.3 is 6.18 Å². The maximum atomic E-state index is 12.6. The van der Waals surface area contributed by atoms with Gasteiger partial charge in [-0.3, -0.25) is 0 Å². The van der Waals surface area contributed by atoms with Crippen molar-refractivity contribution in [1.82, 2.24) is 0 Å². The van der Waals surface area contributed by atoms with Crippen LogP contribution in [-0.4, -0.2) is 18.3 Å². The van der Waals surface area contributed by atoms with Gasteiger partial charge in [-0.15, -0.1) is 0 Å². The molecule has 0 amide bonds. The predicted molar refractivity (Wildman–Crippen MR) is 63.3 cm³/mol. The normalized spacial score (nSPS) is 15.5. The molecule has 0 saturated heterocycles. The maximum Gasteiger partial charge on any atom is 0.426 e. The van der Waals surface area contributed by atoms with Crippen molar-refractivity contribution in [2.45, 2.75) is 25.2 Å². The number of halogens is 5. The highest BCUT2D eigenvalue weighted by Gasteiger charge is 2.44. The fourth-order valence-electron chi connectivity index (χ4n) is 1.18. The largest absolute Gasteiger partial charge is 0.478 e. The molecular formula is C10H10BrClF3NO. The SMILES string of the molecule is CC(N)C(Oc1cc(Br)ccc1Cl)C(F)(F)F.